The summed E-state index contributed by atoms with van der Waals surface area (Å²) in [4.78, 5) is 0. The van der Waals surface area contributed by atoms with Crippen LogP contribution in [0.2, 0.25) is 5.02 Å². The maximum atomic E-state index is 9.29. The summed E-state index contributed by atoms with van der Waals surface area (Å²) in [5, 5.41) is 9.79. The summed E-state index contributed by atoms with van der Waals surface area (Å²) >= 11 is 5.92. The molecule has 0 aliphatic rings. The SMILES string of the molecule is COc1ccc(C(N)C(C)O)cc1Cl. The van der Waals surface area contributed by atoms with Crippen LogP contribution in [0.1, 0.15) is 18.5 Å². The lowest BCUT2D eigenvalue weighted by atomic mass is 10.0. The van der Waals surface area contributed by atoms with Gasteiger partial charge in [0.25, 0.3) is 0 Å². The van der Waals surface area contributed by atoms with Gasteiger partial charge in [-0.25, -0.2) is 0 Å². The van der Waals surface area contributed by atoms with Crippen molar-refractivity contribution in [3.63, 3.8) is 0 Å². The third-order valence-electron chi connectivity index (χ3n) is 2.08. The van der Waals surface area contributed by atoms with Crippen LogP contribution in [-0.2, 0) is 0 Å². The van der Waals surface area contributed by atoms with Gasteiger partial charge in [0.15, 0.2) is 0 Å². The molecule has 0 spiro atoms. The molecule has 0 saturated heterocycles. The molecule has 3 N–H and O–H groups in total. The van der Waals surface area contributed by atoms with E-state index in [1.165, 1.54) is 0 Å². The van der Waals surface area contributed by atoms with Crippen LogP contribution >= 0.6 is 11.6 Å². The highest BCUT2D eigenvalue weighted by Gasteiger charge is 2.13. The number of hydrogen-bond donors (Lipinski definition) is 2. The van der Waals surface area contributed by atoms with E-state index in [4.69, 9.17) is 22.1 Å². The monoisotopic (exact) mass is 215 g/mol. The largest absolute Gasteiger partial charge is 0.495 e. The van der Waals surface area contributed by atoms with Crippen LogP contribution in [0.15, 0.2) is 18.2 Å². The van der Waals surface area contributed by atoms with Crippen molar-refractivity contribution in [3.05, 3.63) is 28.8 Å². The number of nitrogens with two attached hydrogens (primary N) is 1. The Kier molecular flexibility index (Phi) is 3.75. The highest BCUT2D eigenvalue weighted by Crippen LogP contribution is 2.27. The zero-order valence-corrected chi connectivity index (χ0v) is 8.95. The van der Waals surface area contributed by atoms with Gasteiger partial charge in [0.1, 0.15) is 5.75 Å². The van der Waals surface area contributed by atoms with Crippen molar-refractivity contribution in [1.29, 1.82) is 0 Å². The van der Waals surface area contributed by atoms with E-state index in [9.17, 15) is 5.11 Å². The van der Waals surface area contributed by atoms with Crippen LogP contribution in [0, 0.1) is 0 Å². The van der Waals surface area contributed by atoms with Crippen molar-refractivity contribution < 1.29 is 9.84 Å². The molecule has 0 saturated carbocycles. The second-order valence-electron chi connectivity index (χ2n) is 3.16. The first kappa shape index (κ1) is 11.3. The Morgan fingerprint density at radius 3 is 2.57 bits per heavy atom. The molecule has 0 aliphatic carbocycles. The Balaban J connectivity index is 2.96. The zero-order valence-electron chi connectivity index (χ0n) is 8.20. The number of aliphatic hydroxyl groups is 1. The van der Waals surface area contributed by atoms with Gasteiger partial charge in [-0.05, 0) is 24.6 Å². The average Bonchev–Trinajstić information content (AvgIpc) is 2.16. The summed E-state index contributed by atoms with van der Waals surface area (Å²) in [5.41, 5.74) is 6.55. The molecule has 2 unspecified atom stereocenters. The first-order valence-electron chi connectivity index (χ1n) is 4.33. The molecule has 0 aromatic heterocycles. The number of rotatable bonds is 3. The Morgan fingerprint density at radius 1 is 1.50 bits per heavy atom. The van der Waals surface area contributed by atoms with Crippen LogP contribution in [0.25, 0.3) is 0 Å². The first-order valence-corrected chi connectivity index (χ1v) is 4.71. The molecule has 2 atom stereocenters. The summed E-state index contributed by atoms with van der Waals surface area (Å²) in [7, 11) is 1.55. The molecule has 3 nitrogen and oxygen atoms in total. The highest BCUT2D eigenvalue weighted by atomic mass is 35.5. The van der Waals surface area contributed by atoms with Crippen LogP contribution in [-0.4, -0.2) is 18.3 Å². The van der Waals surface area contributed by atoms with E-state index in [2.05, 4.69) is 0 Å². The predicted molar refractivity (Wildman–Crippen MR) is 56.6 cm³/mol. The fraction of sp³-hybridized carbons (Fsp3) is 0.400. The van der Waals surface area contributed by atoms with Crippen molar-refractivity contribution in [3.8, 4) is 5.75 Å². The van der Waals surface area contributed by atoms with Gasteiger partial charge in [0.05, 0.1) is 24.3 Å². The summed E-state index contributed by atoms with van der Waals surface area (Å²) in [6.45, 7) is 1.64. The second-order valence-corrected chi connectivity index (χ2v) is 3.57. The molecule has 1 rings (SSSR count). The van der Waals surface area contributed by atoms with Gasteiger partial charge in [-0.1, -0.05) is 17.7 Å². The Morgan fingerprint density at radius 2 is 2.14 bits per heavy atom. The summed E-state index contributed by atoms with van der Waals surface area (Å²) in [6, 6.07) is 4.82. The minimum Gasteiger partial charge on any atom is -0.495 e. The fourth-order valence-corrected chi connectivity index (χ4v) is 1.43. The normalized spacial score (nSPS) is 14.9. The van der Waals surface area contributed by atoms with Crippen molar-refractivity contribution >= 4 is 11.6 Å². The lowest BCUT2D eigenvalue weighted by molar-refractivity contribution is 0.164. The van der Waals surface area contributed by atoms with E-state index in [1.54, 1.807) is 32.2 Å². The minimum absolute atomic E-state index is 0.418. The first-order chi connectivity index (χ1) is 6.56. The lowest BCUT2D eigenvalue weighted by Crippen LogP contribution is -2.23. The van der Waals surface area contributed by atoms with Crippen LogP contribution in [0.3, 0.4) is 0 Å². The molecule has 4 heteroatoms. The van der Waals surface area contributed by atoms with Crippen LogP contribution in [0.4, 0.5) is 0 Å². The standard InChI is InChI=1S/C10H14ClNO2/c1-6(13)10(12)7-3-4-9(14-2)8(11)5-7/h3-6,10,13H,12H2,1-2H3. The van der Waals surface area contributed by atoms with E-state index in [-0.39, 0.29) is 0 Å². The molecule has 1 aromatic rings. The number of halogens is 1. The number of methoxy groups -OCH3 is 1. The zero-order chi connectivity index (χ0) is 10.7. The topological polar surface area (TPSA) is 55.5 Å². The van der Waals surface area contributed by atoms with E-state index < -0.39 is 12.1 Å². The van der Waals surface area contributed by atoms with Gasteiger partial charge in [-0.3, -0.25) is 0 Å². The molecule has 0 radical (unpaired) electrons. The van der Waals surface area contributed by atoms with Crippen molar-refractivity contribution in [2.45, 2.75) is 19.1 Å². The fourth-order valence-electron chi connectivity index (χ4n) is 1.17. The Hall–Kier alpha value is -0.770. The summed E-state index contributed by atoms with van der Waals surface area (Å²) in [6.07, 6.45) is -0.598. The maximum Gasteiger partial charge on any atom is 0.137 e. The van der Waals surface area contributed by atoms with Gasteiger partial charge >= 0.3 is 0 Å². The number of aliphatic hydroxyl groups excluding tert-OH is 1. The minimum atomic E-state index is -0.598. The third kappa shape index (κ3) is 2.38. The van der Waals surface area contributed by atoms with E-state index in [1.807, 2.05) is 0 Å². The van der Waals surface area contributed by atoms with E-state index in [0.717, 1.165) is 5.56 Å². The summed E-state index contributed by atoms with van der Waals surface area (Å²) < 4.78 is 5.00. The smallest absolute Gasteiger partial charge is 0.137 e. The van der Waals surface area contributed by atoms with Crippen molar-refractivity contribution in [2.24, 2.45) is 5.73 Å². The molecule has 1 aromatic carbocycles. The van der Waals surface area contributed by atoms with Gasteiger partial charge in [-0.2, -0.15) is 0 Å². The van der Waals surface area contributed by atoms with Crippen LogP contribution in [0.5, 0.6) is 5.75 Å². The quantitative estimate of drug-likeness (QED) is 0.808. The van der Waals surface area contributed by atoms with E-state index in [0.29, 0.717) is 10.8 Å². The predicted octanol–water partition coefficient (Wildman–Crippen LogP) is 1.73. The van der Waals surface area contributed by atoms with Gasteiger partial charge < -0.3 is 15.6 Å². The number of ether oxygens (including phenoxy) is 1. The molecular weight excluding hydrogens is 202 g/mol. The number of hydrogen-bond acceptors (Lipinski definition) is 3. The van der Waals surface area contributed by atoms with Gasteiger partial charge in [0, 0.05) is 0 Å². The molecule has 0 aliphatic heterocycles. The number of benzene rings is 1. The molecular formula is C10H14ClNO2. The van der Waals surface area contributed by atoms with Crippen molar-refractivity contribution in [2.75, 3.05) is 7.11 Å². The van der Waals surface area contributed by atoms with E-state index >= 15 is 0 Å². The molecule has 78 valence electrons. The third-order valence-corrected chi connectivity index (χ3v) is 2.38. The van der Waals surface area contributed by atoms with Gasteiger partial charge in [-0.15, -0.1) is 0 Å². The lowest BCUT2D eigenvalue weighted by Gasteiger charge is -2.15. The Labute approximate surface area is 88.4 Å². The molecule has 14 heavy (non-hydrogen) atoms. The second kappa shape index (κ2) is 4.64. The molecule has 0 fully saturated rings. The molecule has 0 heterocycles. The molecule has 0 amide bonds. The Bertz CT molecular complexity index is 315. The maximum absolute atomic E-state index is 9.29. The molecule has 0 bridgehead atoms. The van der Waals surface area contributed by atoms with Crippen LogP contribution < -0.4 is 10.5 Å². The average molecular weight is 216 g/mol. The highest BCUT2D eigenvalue weighted by molar-refractivity contribution is 6.32. The van der Waals surface area contributed by atoms with Gasteiger partial charge in [0.2, 0.25) is 0 Å². The summed E-state index contributed by atoms with van der Waals surface area (Å²) in [5.74, 6) is 0.605. The van der Waals surface area contributed by atoms with Crippen molar-refractivity contribution in [1.82, 2.24) is 0 Å².